The predicted octanol–water partition coefficient (Wildman–Crippen LogP) is 2.82. The molecule has 0 saturated heterocycles. The molecule has 0 fully saturated rings. The molecule has 0 saturated carbocycles. The number of pyridine rings is 1. The van der Waals surface area contributed by atoms with Gasteiger partial charge in [0.25, 0.3) is 0 Å². The highest BCUT2D eigenvalue weighted by Gasteiger charge is 2.07. The average molecular weight is 263 g/mol. The molecular weight excluding hydrogens is 248 g/mol. The van der Waals surface area contributed by atoms with Gasteiger partial charge >= 0.3 is 0 Å². The number of aromatic nitrogens is 1. The first-order chi connectivity index (χ1) is 8.81. The third kappa shape index (κ3) is 3.22. The molecule has 0 unspecified atom stereocenters. The zero-order chi connectivity index (χ0) is 12.8. The van der Waals surface area contributed by atoms with Crippen LogP contribution >= 0.6 is 11.6 Å². The van der Waals surface area contributed by atoms with E-state index in [0.717, 1.165) is 16.9 Å². The highest BCUT2D eigenvalue weighted by atomic mass is 35.5. The van der Waals surface area contributed by atoms with Crippen molar-refractivity contribution in [1.29, 1.82) is 0 Å². The normalized spacial score (nSPS) is 10.3. The second-order valence-corrected chi connectivity index (χ2v) is 4.31. The summed E-state index contributed by atoms with van der Waals surface area (Å²) in [5.41, 5.74) is 7.57. The topological polar surface area (TPSA) is 48.1 Å². The van der Waals surface area contributed by atoms with Gasteiger partial charge in [-0.15, -0.1) is 0 Å². The monoisotopic (exact) mass is 262 g/mol. The number of nitrogens with two attached hydrogens (primary N) is 1. The first kappa shape index (κ1) is 12.9. The van der Waals surface area contributed by atoms with Gasteiger partial charge in [-0.2, -0.15) is 0 Å². The van der Waals surface area contributed by atoms with Crippen LogP contribution in [0.5, 0.6) is 5.75 Å². The standard InChI is InChI=1S/C14H15ClN2O/c15-13-4-1-5-14(12(13)6-7-16)18-10-11-3-2-8-17-9-11/h1-5,8-9H,6-7,10,16H2. The lowest BCUT2D eigenvalue weighted by Gasteiger charge is -2.12. The lowest BCUT2D eigenvalue weighted by Crippen LogP contribution is -2.06. The van der Waals surface area contributed by atoms with Crippen LogP contribution in [0.25, 0.3) is 0 Å². The van der Waals surface area contributed by atoms with Crippen molar-refractivity contribution in [2.24, 2.45) is 5.73 Å². The van der Waals surface area contributed by atoms with Gasteiger partial charge in [-0.25, -0.2) is 0 Å². The molecule has 0 aliphatic heterocycles. The quantitative estimate of drug-likeness (QED) is 0.901. The minimum atomic E-state index is 0.478. The van der Waals surface area contributed by atoms with Crippen LogP contribution in [0.4, 0.5) is 0 Å². The number of benzene rings is 1. The van der Waals surface area contributed by atoms with Crippen LogP contribution in [0, 0.1) is 0 Å². The van der Waals surface area contributed by atoms with Gasteiger partial charge in [0.2, 0.25) is 0 Å². The molecule has 0 aliphatic rings. The third-order valence-corrected chi connectivity index (χ3v) is 2.94. The highest BCUT2D eigenvalue weighted by Crippen LogP contribution is 2.27. The molecule has 1 aromatic carbocycles. The number of halogens is 1. The summed E-state index contributed by atoms with van der Waals surface area (Å²) in [4.78, 5) is 4.05. The number of hydrogen-bond acceptors (Lipinski definition) is 3. The Morgan fingerprint density at radius 2 is 2.11 bits per heavy atom. The Morgan fingerprint density at radius 1 is 1.22 bits per heavy atom. The fraction of sp³-hybridized carbons (Fsp3) is 0.214. The molecule has 0 amide bonds. The summed E-state index contributed by atoms with van der Waals surface area (Å²) < 4.78 is 5.78. The van der Waals surface area contributed by atoms with E-state index in [2.05, 4.69) is 4.98 Å². The van der Waals surface area contributed by atoms with Crippen molar-refractivity contribution in [2.75, 3.05) is 6.54 Å². The minimum Gasteiger partial charge on any atom is -0.489 e. The molecule has 0 aliphatic carbocycles. The Hall–Kier alpha value is -1.58. The van der Waals surface area contributed by atoms with Gasteiger partial charge < -0.3 is 10.5 Å². The van der Waals surface area contributed by atoms with Crippen LogP contribution in [0.3, 0.4) is 0 Å². The van der Waals surface area contributed by atoms with E-state index in [1.807, 2.05) is 30.3 Å². The lowest BCUT2D eigenvalue weighted by atomic mass is 10.1. The van der Waals surface area contributed by atoms with Crippen LogP contribution in [0.2, 0.25) is 5.02 Å². The van der Waals surface area contributed by atoms with Crippen LogP contribution in [0.15, 0.2) is 42.7 Å². The molecule has 0 radical (unpaired) electrons. The summed E-state index contributed by atoms with van der Waals surface area (Å²) in [6, 6.07) is 9.50. The number of nitrogens with zero attached hydrogens (tertiary/aromatic N) is 1. The van der Waals surface area contributed by atoms with Crippen molar-refractivity contribution in [2.45, 2.75) is 13.0 Å². The highest BCUT2D eigenvalue weighted by molar-refractivity contribution is 6.31. The van der Waals surface area contributed by atoms with Crippen molar-refractivity contribution in [3.05, 3.63) is 58.9 Å². The van der Waals surface area contributed by atoms with Gasteiger partial charge in [-0.1, -0.05) is 23.7 Å². The fourth-order valence-corrected chi connectivity index (χ4v) is 1.97. The maximum Gasteiger partial charge on any atom is 0.124 e. The molecule has 0 atom stereocenters. The van der Waals surface area contributed by atoms with Crippen molar-refractivity contribution in [1.82, 2.24) is 4.98 Å². The Labute approximate surface area is 112 Å². The summed E-state index contributed by atoms with van der Waals surface area (Å²) in [6.07, 6.45) is 4.23. The van der Waals surface area contributed by atoms with E-state index in [4.69, 9.17) is 22.1 Å². The van der Waals surface area contributed by atoms with Gasteiger partial charge in [-0.05, 0) is 31.2 Å². The number of rotatable bonds is 5. The molecule has 1 heterocycles. The molecule has 2 rings (SSSR count). The van der Waals surface area contributed by atoms with Gasteiger partial charge in [0.05, 0.1) is 0 Å². The van der Waals surface area contributed by atoms with Gasteiger partial charge in [0, 0.05) is 28.5 Å². The van der Waals surface area contributed by atoms with Crippen LogP contribution in [0.1, 0.15) is 11.1 Å². The Kier molecular flexibility index (Phi) is 4.56. The van der Waals surface area contributed by atoms with Crippen molar-refractivity contribution < 1.29 is 4.74 Å². The molecule has 0 bridgehead atoms. The van der Waals surface area contributed by atoms with E-state index in [1.54, 1.807) is 12.4 Å². The van der Waals surface area contributed by atoms with E-state index in [9.17, 15) is 0 Å². The van der Waals surface area contributed by atoms with E-state index < -0.39 is 0 Å². The molecule has 3 nitrogen and oxygen atoms in total. The Balaban J connectivity index is 2.11. The smallest absolute Gasteiger partial charge is 0.124 e. The molecule has 0 spiro atoms. The summed E-state index contributed by atoms with van der Waals surface area (Å²) >= 11 is 6.14. The van der Waals surface area contributed by atoms with Crippen LogP contribution in [-0.2, 0) is 13.0 Å². The zero-order valence-electron chi connectivity index (χ0n) is 9.97. The molecule has 94 valence electrons. The molecule has 2 aromatic rings. The average Bonchev–Trinajstić information content (AvgIpc) is 2.41. The summed E-state index contributed by atoms with van der Waals surface area (Å²) in [7, 11) is 0. The lowest BCUT2D eigenvalue weighted by molar-refractivity contribution is 0.302. The maximum absolute atomic E-state index is 6.14. The first-order valence-electron chi connectivity index (χ1n) is 5.80. The number of ether oxygens (including phenoxy) is 1. The van der Waals surface area contributed by atoms with Crippen molar-refractivity contribution in [3.8, 4) is 5.75 Å². The van der Waals surface area contributed by atoms with Gasteiger partial charge in [0.1, 0.15) is 12.4 Å². The van der Waals surface area contributed by atoms with E-state index >= 15 is 0 Å². The van der Waals surface area contributed by atoms with Crippen molar-refractivity contribution >= 4 is 11.6 Å². The number of hydrogen-bond donors (Lipinski definition) is 1. The molecule has 18 heavy (non-hydrogen) atoms. The Bertz CT molecular complexity index is 502. The SMILES string of the molecule is NCCc1c(Cl)cccc1OCc1cccnc1. The second kappa shape index (κ2) is 6.38. The molecule has 2 N–H and O–H groups in total. The van der Waals surface area contributed by atoms with Crippen LogP contribution in [-0.4, -0.2) is 11.5 Å². The summed E-state index contributed by atoms with van der Waals surface area (Å²) in [5.74, 6) is 0.789. The van der Waals surface area contributed by atoms with E-state index in [-0.39, 0.29) is 0 Å². The first-order valence-corrected chi connectivity index (χ1v) is 6.18. The van der Waals surface area contributed by atoms with Crippen LogP contribution < -0.4 is 10.5 Å². The molecule has 1 aromatic heterocycles. The van der Waals surface area contributed by atoms with Crippen molar-refractivity contribution in [3.63, 3.8) is 0 Å². The van der Waals surface area contributed by atoms with Gasteiger partial charge in [-0.3, -0.25) is 4.98 Å². The molecular formula is C14H15ClN2O. The zero-order valence-corrected chi connectivity index (χ0v) is 10.7. The second-order valence-electron chi connectivity index (χ2n) is 3.91. The van der Waals surface area contributed by atoms with E-state index in [1.165, 1.54) is 0 Å². The maximum atomic E-state index is 6.14. The summed E-state index contributed by atoms with van der Waals surface area (Å²) in [5, 5.41) is 0.698. The predicted molar refractivity (Wildman–Crippen MR) is 72.8 cm³/mol. The minimum absolute atomic E-state index is 0.478. The largest absolute Gasteiger partial charge is 0.489 e. The summed E-state index contributed by atoms with van der Waals surface area (Å²) in [6.45, 7) is 1.03. The van der Waals surface area contributed by atoms with E-state index in [0.29, 0.717) is 24.6 Å². The van der Waals surface area contributed by atoms with Gasteiger partial charge in [0.15, 0.2) is 0 Å². The Morgan fingerprint density at radius 3 is 2.83 bits per heavy atom. The molecule has 4 heteroatoms. The third-order valence-electron chi connectivity index (χ3n) is 2.59. The fourth-order valence-electron chi connectivity index (χ4n) is 1.71.